The standard InChI is InChI=1S/C19H32N4O/c1-5-16(6-2)13-21-19(20-4)22-14-18(24)23(7-3)15-17-11-9-8-10-12-17/h8-12,16H,5-7,13-15H2,1-4H3,(H2,20,21,22). The third-order valence-corrected chi connectivity index (χ3v) is 4.29. The molecule has 0 atom stereocenters. The number of amides is 1. The molecule has 0 aliphatic rings. The molecule has 1 aromatic carbocycles. The Bertz CT molecular complexity index is 497. The van der Waals surface area contributed by atoms with E-state index in [0.29, 0.717) is 25.0 Å². The Kier molecular flexibility index (Phi) is 9.58. The number of nitrogens with zero attached hydrogens (tertiary/aromatic N) is 2. The maximum atomic E-state index is 12.4. The summed E-state index contributed by atoms with van der Waals surface area (Å²) in [5.74, 6) is 1.39. The van der Waals surface area contributed by atoms with Gasteiger partial charge in [-0.2, -0.15) is 0 Å². The summed E-state index contributed by atoms with van der Waals surface area (Å²) in [5, 5.41) is 6.42. The summed E-state index contributed by atoms with van der Waals surface area (Å²) in [6.07, 6.45) is 2.28. The van der Waals surface area contributed by atoms with Crippen LogP contribution in [0.5, 0.6) is 0 Å². The van der Waals surface area contributed by atoms with Crippen molar-refractivity contribution < 1.29 is 4.79 Å². The second-order valence-electron chi connectivity index (χ2n) is 5.88. The van der Waals surface area contributed by atoms with Gasteiger partial charge in [-0.1, -0.05) is 57.0 Å². The monoisotopic (exact) mass is 332 g/mol. The first-order valence-corrected chi connectivity index (χ1v) is 8.90. The minimum Gasteiger partial charge on any atom is -0.356 e. The van der Waals surface area contributed by atoms with Crippen molar-refractivity contribution in [2.45, 2.75) is 40.2 Å². The fourth-order valence-corrected chi connectivity index (χ4v) is 2.49. The quantitative estimate of drug-likeness (QED) is 0.540. The van der Waals surface area contributed by atoms with Gasteiger partial charge in [0.05, 0.1) is 6.54 Å². The molecule has 1 amide bonds. The fourth-order valence-electron chi connectivity index (χ4n) is 2.49. The third-order valence-electron chi connectivity index (χ3n) is 4.29. The SMILES string of the molecule is CCC(CC)CNC(=NC)NCC(=O)N(CC)Cc1ccccc1. The minimum absolute atomic E-state index is 0.0758. The molecule has 0 unspecified atom stereocenters. The van der Waals surface area contributed by atoms with Crippen molar-refractivity contribution in [2.75, 3.05) is 26.7 Å². The first-order chi connectivity index (χ1) is 11.6. The normalized spacial score (nSPS) is 11.5. The lowest BCUT2D eigenvalue weighted by Crippen LogP contribution is -2.45. The first kappa shape index (κ1) is 20.0. The van der Waals surface area contributed by atoms with Gasteiger partial charge in [0.15, 0.2) is 5.96 Å². The minimum atomic E-state index is 0.0758. The van der Waals surface area contributed by atoms with Crippen molar-refractivity contribution in [3.8, 4) is 0 Å². The highest BCUT2D eigenvalue weighted by atomic mass is 16.2. The summed E-state index contributed by atoms with van der Waals surface area (Å²) in [7, 11) is 1.73. The molecule has 0 fully saturated rings. The van der Waals surface area contributed by atoms with Crippen LogP contribution in [-0.4, -0.2) is 43.4 Å². The van der Waals surface area contributed by atoms with E-state index in [2.05, 4.69) is 29.5 Å². The van der Waals surface area contributed by atoms with Gasteiger partial charge in [0.2, 0.25) is 5.91 Å². The van der Waals surface area contributed by atoms with Gasteiger partial charge in [0.25, 0.3) is 0 Å². The molecule has 0 aliphatic carbocycles. The molecule has 5 heteroatoms. The van der Waals surface area contributed by atoms with Crippen LogP contribution in [0.4, 0.5) is 0 Å². The summed E-state index contributed by atoms with van der Waals surface area (Å²) in [6.45, 7) is 8.84. The topological polar surface area (TPSA) is 56.7 Å². The van der Waals surface area contributed by atoms with Gasteiger partial charge in [-0.3, -0.25) is 9.79 Å². The van der Waals surface area contributed by atoms with Crippen LogP contribution in [0.15, 0.2) is 35.3 Å². The maximum Gasteiger partial charge on any atom is 0.242 e. The molecule has 0 aliphatic heterocycles. The largest absolute Gasteiger partial charge is 0.356 e. The number of hydrogen-bond acceptors (Lipinski definition) is 2. The smallest absolute Gasteiger partial charge is 0.242 e. The van der Waals surface area contributed by atoms with Crippen LogP contribution in [0.3, 0.4) is 0 Å². The average Bonchev–Trinajstić information content (AvgIpc) is 2.63. The van der Waals surface area contributed by atoms with Crippen LogP contribution in [-0.2, 0) is 11.3 Å². The third kappa shape index (κ3) is 7.02. The average molecular weight is 332 g/mol. The van der Waals surface area contributed by atoms with E-state index in [4.69, 9.17) is 0 Å². The lowest BCUT2D eigenvalue weighted by atomic mass is 10.0. The molecule has 1 aromatic rings. The molecule has 0 spiro atoms. The summed E-state index contributed by atoms with van der Waals surface area (Å²) >= 11 is 0. The Labute approximate surface area is 146 Å². The van der Waals surface area contributed by atoms with E-state index >= 15 is 0 Å². The number of guanidine groups is 1. The van der Waals surface area contributed by atoms with Gasteiger partial charge >= 0.3 is 0 Å². The van der Waals surface area contributed by atoms with Crippen LogP contribution in [0.2, 0.25) is 0 Å². The van der Waals surface area contributed by atoms with Gasteiger partial charge in [0.1, 0.15) is 0 Å². The molecule has 2 N–H and O–H groups in total. The predicted octanol–water partition coefficient (Wildman–Crippen LogP) is 2.64. The number of benzene rings is 1. The number of likely N-dealkylation sites (N-methyl/N-ethyl adjacent to an activating group) is 1. The van der Waals surface area contributed by atoms with Crippen molar-refractivity contribution in [1.82, 2.24) is 15.5 Å². The highest BCUT2D eigenvalue weighted by Crippen LogP contribution is 2.05. The van der Waals surface area contributed by atoms with Crippen LogP contribution in [0.25, 0.3) is 0 Å². The highest BCUT2D eigenvalue weighted by Gasteiger charge is 2.13. The molecule has 24 heavy (non-hydrogen) atoms. The maximum absolute atomic E-state index is 12.4. The summed E-state index contributed by atoms with van der Waals surface area (Å²) < 4.78 is 0. The van der Waals surface area contributed by atoms with E-state index in [0.717, 1.165) is 24.9 Å². The number of rotatable bonds is 9. The Morgan fingerprint density at radius 1 is 1.12 bits per heavy atom. The van der Waals surface area contributed by atoms with Gasteiger partial charge in [-0.05, 0) is 18.4 Å². The van der Waals surface area contributed by atoms with Crippen molar-refractivity contribution in [2.24, 2.45) is 10.9 Å². The number of nitrogens with one attached hydrogen (secondary N) is 2. The van der Waals surface area contributed by atoms with E-state index in [-0.39, 0.29) is 12.5 Å². The molecule has 0 radical (unpaired) electrons. The second kappa shape index (κ2) is 11.5. The van der Waals surface area contributed by atoms with Crippen LogP contribution in [0.1, 0.15) is 39.2 Å². The molecular formula is C19H32N4O. The van der Waals surface area contributed by atoms with Gasteiger partial charge in [-0.25, -0.2) is 0 Å². The van der Waals surface area contributed by atoms with E-state index in [1.165, 1.54) is 0 Å². The fraction of sp³-hybridized carbons (Fsp3) is 0.579. The van der Waals surface area contributed by atoms with Gasteiger partial charge in [0, 0.05) is 26.7 Å². The molecule has 0 saturated carbocycles. The van der Waals surface area contributed by atoms with E-state index < -0.39 is 0 Å². The summed E-state index contributed by atoms with van der Waals surface area (Å²) in [4.78, 5) is 18.5. The molecule has 134 valence electrons. The summed E-state index contributed by atoms with van der Waals surface area (Å²) in [5.41, 5.74) is 1.14. The lowest BCUT2D eigenvalue weighted by Gasteiger charge is -2.22. The van der Waals surface area contributed by atoms with Gasteiger partial charge in [-0.15, -0.1) is 0 Å². The zero-order chi connectivity index (χ0) is 17.8. The van der Waals surface area contributed by atoms with E-state index in [1.54, 1.807) is 7.05 Å². The van der Waals surface area contributed by atoms with Crippen molar-refractivity contribution in [1.29, 1.82) is 0 Å². The number of hydrogen-bond donors (Lipinski definition) is 2. The highest BCUT2D eigenvalue weighted by molar-refractivity contribution is 5.86. The van der Waals surface area contributed by atoms with Crippen molar-refractivity contribution in [3.05, 3.63) is 35.9 Å². The molecular weight excluding hydrogens is 300 g/mol. The molecule has 5 nitrogen and oxygen atoms in total. The van der Waals surface area contributed by atoms with Crippen LogP contribution < -0.4 is 10.6 Å². The Balaban J connectivity index is 2.46. The lowest BCUT2D eigenvalue weighted by molar-refractivity contribution is -0.130. The van der Waals surface area contributed by atoms with Crippen LogP contribution >= 0.6 is 0 Å². The Morgan fingerprint density at radius 2 is 1.79 bits per heavy atom. The van der Waals surface area contributed by atoms with Crippen molar-refractivity contribution in [3.63, 3.8) is 0 Å². The van der Waals surface area contributed by atoms with Gasteiger partial charge < -0.3 is 15.5 Å². The second-order valence-corrected chi connectivity index (χ2v) is 5.88. The number of carbonyl (C=O) groups excluding carboxylic acids is 1. The number of carbonyl (C=O) groups is 1. The predicted molar refractivity (Wildman–Crippen MR) is 101 cm³/mol. The molecule has 0 aromatic heterocycles. The van der Waals surface area contributed by atoms with Crippen molar-refractivity contribution >= 4 is 11.9 Å². The van der Waals surface area contributed by atoms with E-state index in [1.807, 2.05) is 42.2 Å². The Hall–Kier alpha value is -2.04. The molecule has 0 bridgehead atoms. The molecule has 0 heterocycles. The zero-order valence-corrected chi connectivity index (χ0v) is 15.5. The van der Waals surface area contributed by atoms with E-state index in [9.17, 15) is 4.79 Å². The zero-order valence-electron chi connectivity index (χ0n) is 15.5. The number of aliphatic imine (C=N–C) groups is 1. The molecule has 1 rings (SSSR count). The van der Waals surface area contributed by atoms with Crippen LogP contribution in [0, 0.1) is 5.92 Å². The molecule has 0 saturated heterocycles. The Morgan fingerprint density at radius 3 is 2.33 bits per heavy atom. The first-order valence-electron chi connectivity index (χ1n) is 8.90. The summed E-state index contributed by atoms with van der Waals surface area (Å²) in [6, 6.07) is 10.1.